The summed E-state index contributed by atoms with van der Waals surface area (Å²) in [6.45, 7) is 5.53. The topological polar surface area (TPSA) is 51.6 Å². The van der Waals surface area contributed by atoms with Gasteiger partial charge in [0, 0.05) is 19.6 Å². The van der Waals surface area contributed by atoms with Crippen molar-refractivity contribution in [2.45, 2.75) is 39.0 Å². The molecule has 0 atom stereocenters. The van der Waals surface area contributed by atoms with Crippen LogP contribution in [-0.2, 0) is 17.9 Å². The van der Waals surface area contributed by atoms with Gasteiger partial charge in [0.05, 0.1) is 30.2 Å². The lowest BCUT2D eigenvalue weighted by atomic mass is 10.1. The molecular weight excluding hydrogens is 328 g/mol. The highest BCUT2D eigenvalue weighted by Crippen LogP contribution is 2.24. The molecule has 136 valence electrons. The van der Waals surface area contributed by atoms with Gasteiger partial charge in [-0.15, -0.1) is 0 Å². The van der Waals surface area contributed by atoms with Crippen molar-refractivity contribution in [1.29, 1.82) is 0 Å². The predicted octanol–water partition coefficient (Wildman–Crippen LogP) is 4.42. The number of nitrogens with zero attached hydrogens (tertiary/aromatic N) is 2. The summed E-state index contributed by atoms with van der Waals surface area (Å²) in [5.74, 6) is 1.51. The van der Waals surface area contributed by atoms with E-state index in [0.717, 1.165) is 49.5 Å². The average molecular weight is 352 g/mol. The van der Waals surface area contributed by atoms with Crippen LogP contribution in [0, 0.1) is 6.92 Å². The number of oxazole rings is 1. The van der Waals surface area contributed by atoms with E-state index >= 15 is 0 Å². The largest absolute Gasteiger partial charge is 0.472 e. The Morgan fingerprint density at radius 2 is 1.96 bits per heavy atom. The minimum Gasteiger partial charge on any atom is -0.472 e. The standard InChI is InChI=1S/C21H24N2O3/c1-16-20(22-21(26-16)18-9-12-24-15-18)13-23-10-7-19(8-11-23)25-14-17-5-3-2-4-6-17/h2-6,9,12,15,19H,7-8,10-11,13-14H2,1H3. The van der Waals surface area contributed by atoms with E-state index in [4.69, 9.17) is 13.6 Å². The Bertz CT molecular complexity index is 803. The van der Waals surface area contributed by atoms with Crippen molar-refractivity contribution in [1.82, 2.24) is 9.88 Å². The van der Waals surface area contributed by atoms with Gasteiger partial charge in [0.2, 0.25) is 5.89 Å². The van der Waals surface area contributed by atoms with Crippen LogP contribution in [0.15, 0.2) is 57.8 Å². The summed E-state index contributed by atoms with van der Waals surface area (Å²) in [6.07, 6.45) is 5.74. The van der Waals surface area contributed by atoms with Gasteiger partial charge in [-0.3, -0.25) is 4.90 Å². The number of ether oxygens (including phenoxy) is 1. The highest BCUT2D eigenvalue weighted by atomic mass is 16.5. The lowest BCUT2D eigenvalue weighted by Crippen LogP contribution is -2.36. The molecule has 1 aromatic carbocycles. The molecule has 1 aliphatic heterocycles. The summed E-state index contributed by atoms with van der Waals surface area (Å²) < 4.78 is 17.0. The first kappa shape index (κ1) is 17.1. The number of rotatable bonds is 6. The van der Waals surface area contributed by atoms with Gasteiger partial charge in [-0.2, -0.15) is 0 Å². The molecule has 0 unspecified atom stereocenters. The van der Waals surface area contributed by atoms with E-state index in [2.05, 4.69) is 34.1 Å². The molecule has 1 aliphatic rings. The predicted molar refractivity (Wildman–Crippen MR) is 98.5 cm³/mol. The van der Waals surface area contributed by atoms with Crippen LogP contribution in [0.25, 0.3) is 11.5 Å². The molecule has 5 nitrogen and oxygen atoms in total. The second-order valence-corrected chi connectivity index (χ2v) is 6.81. The molecule has 0 spiro atoms. The van der Waals surface area contributed by atoms with E-state index in [0.29, 0.717) is 18.6 Å². The average Bonchev–Trinajstić information content (AvgIpc) is 3.32. The minimum absolute atomic E-state index is 0.339. The van der Waals surface area contributed by atoms with Crippen LogP contribution >= 0.6 is 0 Å². The number of piperidine rings is 1. The van der Waals surface area contributed by atoms with E-state index in [1.807, 2.05) is 19.1 Å². The zero-order valence-corrected chi connectivity index (χ0v) is 15.1. The molecule has 2 aromatic heterocycles. The quantitative estimate of drug-likeness (QED) is 0.657. The Balaban J connectivity index is 1.27. The van der Waals surface area contributed by atoms with Crippen LogP contribution in [0.5, 0.6) is 0 Å². The minimum atomic E-state index is 0.339. The molecule has 0 bridgehead atoms. The number of benzene rings is 1. The number of hydrogen-bond acceptors (Lipinski definition) is 5. The second-order valence-electron chi connectivity index (χ2n) is 6.81. The van der Waals surface area contributed by atoms with E-state index < -0.39 is 0 Å². The SMILES string of the molecule is Cc1oc(-c2ccoc2)nc1CN1CCC(OCc2ccccc2)CC1. The Morgan fingerprint density at radius 3 is 2.69 bits per heavy atom. The highest BCUT2D eigenvalue weighted by molar-refractivity contribution is 5.51. The third-order valence-electron chi connectivity index (χ3n) is 4.90. The summed E-state index contributed by atoms with van der Waals surface area (Å²) in [7, 11) is 0. The normalized spacial score (nSPS) is 16.2. The van der Waals surface area contributed by atoms with Crippen molar-refractivity contribution in [2.75, 3.05) is 13.1 Å². The molecule has 0 saturated carbocycles. The number of aryl methyl sites for hydroxylation is 1. The van der Waals surface area contributed by atoms with Gasteiger partial charge in [0.15, 0.2) is 0 Å². The molecule has 3 heterocycles. The highest BCUT2D eigenvalue weighted by Gasteiger charge is 2.22. The molecule has 4 rings (SSSR count). The first-order chi connectivity index (χ1) is 12.8. The summed E-state index contributed by atoms with van der Waals surface area (Å²) in [5, 5.41) is 0. The van der Waals surface area contributed by atoms with Crippen molar-refractivity contribution in [2.24, 2.45) is 0 Å². The molecule has 5 heteroatoms. The van der Waals surface area contributed by atoms with Gasteiger partial charge in [-0.1, -0.05) is 30.3 Å². The molecule has 0 amide bonds. The maximum absolute atomic E-state index is 6.07. The van der Waals surface area contributed by atoms with Gasteiger partial charge in [0.1, 0.15) is 12.0 Å². The molecule has 26 heavy (non-hydrogen) atoms. The summed E-state index contributed by atoms with van der Waals surface area (Å²) in [5.41, 5.74) is 3.12. The Hall–Kier alpha value is -2.37. The van der Waals surface area contributed by atoms with Crippen molar-refractivity contribution in [3.05, 3.63) is 65.9 Å². The molecule has 3 aromatic rings. The second kappa shape index (κ2) is 7.89. The van der Waals surface area contributed by atoms with Crippen LogP contribution < -0.4 is 0 Å². The Labute approximate surface area is 153 Å². The lowest BCUT2D eigenvalue weighted by Gasteiger charge is -2.31. The fourth-order valence-electron chi connectivity index (χ4n) is 3.32. The third-order valence-corrected chi connectivity index (χ3v) is 4.90. The van der Waals surface area contributed by atoms with E-state index in [1.54, 1.807) is 12.5 Å². The van der Waals surface area contributed by atoms with Gasteiger partial charge in [-0.05, 0) is 31.4 Å². The van der Waals surface area contributed by atoms with E-state index in [1.165, 1.54) is 5.56 Å². The van der Waals surface area contributed by atoms with Crippen LogP contribution in [-0.4, -0.2) is 29.1 Å². The number of aromatic nitrogens is 1. The van der Waals surface area contributed by atoms with Crippen LogP contribution in [0.2, 0.25) is 0 Å². The smallest absolute Gasteiger partial charge is 0.229 e. The number of likely N-dealkylation sites (tertiary alicyclic amines) is 1. The molecule has 0 N–H and O–H groups in total. The van der Waals surface area contributed by atoms with Crippen LogP contribution in [0.3, 0.4) is 0 Å². The summed E-state index contributed by atoms with van der Waals surface area (Å²) in [4.78, 5) is 7.06. The zero-order valence-electron chi connectivity index (χ0n) is 15.1. The Kier molecular flexibility index (Phi) is 5.18. The third kappa shape index (κ3) is 4.06. The number of hydrogen-bond donors (Lipinski definition) is 0. The summed E-state index contributed by atoms with van der Waals surface area (Å²) >= 11 is 0. The maximum Gasteiger partial charge on any atom is 0.229 e. The molecule has 0 radical (unpaired) electrons. The van der Waals surface area contributed by atoms with Crippen LogP contribution in [0.1, 0.15) is 29.9 Å². The molecular formula is C21H24N2O3. The van der Waals surface area contributed by atoms with Gasteiger partial charge in [-0.25, -0.2) is 4.98 Å². The van der Waals surface area contributed by atoms with Crippen molar-refractivity contribution in [3.8, 4) is 11.5 Å². The van der Waals surface area contributed by atoms with Gasteiger partial charge < -0.3 is 13.6 Å². The monoisotopic (exact) mass is 352 g/mol. The zero-order chi connectivity index (χ0) is 17.8. The van der Waals surface area contributed by atoms with Gasteiger partial charge in [0.25, 0.3) is 0 Å². The maximum atomic E-state index is 6.07. The van der Waals surface area contributed by atoms with Crippen molar-refractivity contribution in [3.63, 3.8) is 0 Å². The van der Waals surface area contributed by atoms with Crippen molar-refractivity contribution < 1.29 is 13.6 Å². The van der Waals surface area contributed by atoms with E-state index in [-0.39, 0.29) is 0 Å². The fourth-order valence-corrected chi connectivity index (χ4v) is 3.32. The van der Waals surface area contributed by atoms with E-state index in [9.17, 15) is 0 Å². The van der Waals surface area contributed by atoms with Gasteiger partial charge >= 0.3 is 0 Å². The first-order valence-corrected chi connectivity index (χ1v) is 9.14. The lowest BCUT2D eigenvalue weighted by molar-refractivity contribution is -0.00418. The van der Waals surface area contributed by atoms with Crippen LogP contribution in [0.4, 0.5) is 0 Å². The Morgan fingerprint density at radius 1 is 1.15 bits per heavy atom. The van der Waals surface area contributed by atoms with Crippen molar-refractivity contribution >= 4 is 0 Å². The number of furan rings is 1. The molecule has 1 saturated heterocycles. The molecule has 1 fully saturated rings. The summed E-state index contributed by atoms with van der Waals surface area (Å²) in [6, 6.07) is 12.2. The first-order valence-electron chi connectivity index (χ1n) is 9.14. The fraction of sp³-hybridized carbons (Fsp3) is 0.381. The molecule has 0 aliphatic carbocycles.